The summed E-state index contributed by atoms with van der Waals surface area (Å²) in [7, 11) is 0. The molecule has 0 radical (unpaired) electrons. The summed E-state index contributed by atoms with van der Waals surface area (Å²) in [6.07, 6.45) is 2.44. The molecule has 1 aromatic carbocycles. The minimum atomic E-state index is -0.996. The van der Waals surface area contributed by atoms with Crippen LogP contribution in [0, 0.1) is 0 Å². The molecule has 1 heterocycles. The van der Waals surface area contributed by atoms with E-state index in [0.717, 1.165) is 6.42 Å². The Morgan fingerprint density at radius 3 is 2.74 bits per heavy atom. The number of aromatic nitrogens is 2. The Balaban J connectivity index is 2.59. The van der Waals surface area contributed by atoms with Crippen molar-refractivity contribution in [1.29, 1.82) is 0 Å². The van der Waals surface area contributed by atoms with Gasteiger partial charge in [0.15, 0.2) is 0 Å². The fourth-order valence-corrected chi connectivity index (χ4v) is 2.04. The van der Waals surface area contributed by atoms with Crippen molar-refractivity contribution in [2.24, 2.45) is 0 Å². The zero-order valence-electron chi connectivity index (χ0n) is 10.8. The summed E-state index contributed by atoms with van der Waals surface area (Å²) in [6, 6.07) is 7.27. The van der Waals surface area contributed by atoms with Crippen LogP contribution in [0.25, 0.3) is 11.3 Å². The van der Waals surface area contributed by atoms with Crippen molar-refractivity contribution in [3.05, 3.63) is 41.0 Å². The molecule has 0 amide bonds. The highest BCUT2D eigenvalue weighted by Gasteiger charge is 2.20. The molecule has 4 nitrogen and oxygen atoms in total. The van der Waals surface area contributed by atoms with Gasteiger partial charge < -0.3 is 5.11 Å². The molecule has 0 saturated carbocycles. The molecule has 19 heavy (non-hydrogen) atoms. The van der Waals surface area contributed by atoms with E-state index in [0.29, 0.717) is 16.3 Å². The quantitative estimate of drug-likeness (QED) is 0.923. The molecule has 0 aliphatic rings. The standard InChI is InChI=1S/C14H15ClN2O2/c1-3-9(2)17-8-11(14(18)19)13(16-17)10-6-4-5-7-12(10)15/h4-9H,3H2,1-2H3,(H,18,19). The van der Waals surface area contributed by atoms with Crippen LogP contribution in [-0.2, 0) is 0 Å². The van der Waals surface area contributed by atoms with Crippen molar-refractivity contribution in [2.75, 3.05) is 0 Å². The van der Waals surface area contributed by atoms with Crippen LogP contribution in [0.3, 0.4) is 0 Å². The SMILES string of the molecule is CCC(C)n1cc(C(=O)O)c(-c2ccccc2Cl)n1. The van der Waals surface area contributed by atoms with E-state index in [2.05, 4.69) is 5.10 Å². The number of halogens is 1. The zero-order valence-corrected chi connectivity index (χ0v) is 11.6. The largest absolute Gasteiger partial charge is 0.478 e. The summed E-state index contributed by atoms with van der Waals surface area (Å²) in [4.78, 5) is 11.3. The Bertz CT molecular complexity index is 607. The van der Waals surface area contributed by atoms with Gasteiger partial charge in [-0.15, -0.1) is 0 Å². The molecular formula is C14H15ClN2O2. The summed E-state index contributed by atoms with van der Waals surface area (Å²) in [5.41, 5.74) is 1.23. The number of aromatic carboxylic acids is 1. The lowest BCUT2D eigenvalue weighted by molar-refractivity contribution is 0.0697. The van der Waals surface area contributed by atoms with Gasteiger partial charge in [0, 0.05) is 17.8 Å². The van der Waals surface area contributed by atoms with Crippen LogP contribution in [0.15, 0.2) is 30.5 Å². The molecule has 2 aromatic rings. The first kappa shape index (κ1) is 13.6. The molecule has 100 valence electrons. The normalized spacial score (nSPS) is 12.4. The van der Waals surface area contributed by atoms with Gasteiger partial charge in [0.2, 0.25) is 0 Å². The maximum Gasteiger partial charge on any atom is 0.339 e. The molecular weight excluding hydrogens is 264 g/mol. The second kappa shape index (κ2) is 5.45. The van der Waals surface area contributed by atoms with E-state index in [-0.39, 0.29) is 11.6 Å². The molecule has 0 aliphatic carbocycles. The van der Waals surface area contributed by atoms with E-state index >= 15 is 0 Å². The Kier molecular flexibility index (Phi) is 3.90. The molecule has 2 rings (SSSR count). The summed E-state index contributed by atoms with van der Waals surface area (Å²) in [6.45, 7) is 4.02. The lowest BCUT2D eigenvalue weighted by atomic mass is 10.1. The molecule has 0 bridgehead atoms. The molecule has 1 atom stereocenters. The van der Waals surface area contributed by atoms with Crippen molar-refractivity contribution in [3.63, 3.8) is 0 Å². The van der Waals surface area contributed by atoms with Gasteiger partial charge in [0.1, 0.15) is 11.3 Å². The van der Waals surface area contributed by atoms with Crippen LogP contribution in [0.1, 0.15) is 36.7 Å². The summed E-state index contributed by atoms with van der Waals surface area (Å²) < 4.78 is 1.68. The maximum atomic E-state index is 11.3. The van der Waals surface area contributed by atoms with Crippen LogP contribution in [0.4, 0.5) is 0 Å². The monoisotopic (exact) mass is 278 g/mol. The van der Waals surface area contributed by atoms with Crippen molar-refractivity contribution in [2.45, 2.75) is 26.3 Å². The predicted octanol–water partition coefficient (Wildman–Crippen LogP) is 3.87. The second-order valence-corrected chi connectivity index (χ2v) is 4.82. The van der Waals surface area contributed by atoms with Gasteiger partial charge >= 0.3 is 5.97 Å². The molecule has 0 fully saturated rings. The highest BCUT2D eigenvalue weighted by Crippen LogP contribution is 2.30. The Labute approximate surface area is 116 Å². The second-order valence-electron chi connectivity index (χ2n) is 4.41. The summed E-state index contributed by atoms with van der Waals surface area (Å²) in [5, 5.41) is 14.2. The van der Waals surface area contributed by atoms with Crippen LogP contribution in [-0.4, -0.2) is 20.9 Å². The van der Waals surface area contributed by atoms with Crippen LogP contribution < -0.4 is 0 Å². The Hall–Kier alpha value is -1.81. The first-order valence-corrected chi connectivity index (χ1v) is 6.49. The van der Waals surface area contributed by atoms with Crippen LogP contribution >= 0.6 is 11.6 Å². The smallest absolute Gasteiger partial charge is 0.339 e. The average molecular weight is 279 g/mol. The summed E-state index contributed by atoms with van der Waals surface area (Å²) >= 11 is 6.12. The fourth-order valence-electron chi connectivity index (χ4n) is 1.81. The van der Waals surface area contributed by atoms with E-state index in [1.54, 1.807) is 29.1 Å². The minimum Gasteiger partial charge on any atom is -0.478 e. The molecule has 0 spiro atoms. The van der Waals surface area contributed by atoms with Crippen molar-refractivity contribution >= 4 is 17.6 Å². The average Bonchev–Trinajstić information content (AvgIpc) is 2.83. The van der Waals surface area contributed by atoms with Gasteiger partial charge in [-0.2, -0.15) is 5.10 Å². The third-order valence-corrected chi connectivity index (χ3v) is 3.46. The fraction of sp³-hybridized carbons (Fsp3) is 0.286. The number of nitrogens with zero attached hydrogens (tertiary/aromatic N) is 2. The van der Waals surface area contributed by atoms with Crippen LogP contribution in [0.2, 0.25) is 5.02 Å². The van der Waals surface area contributed by atoms with Crippen molar-refractivity contribution in [1.82, 2.24) is 9.78 Å². The first-order valence-electron chi connectivity index (χ1n) is 6.12. The Morgan fingerprint density at radius 2 is 2.16 bits per heavy atom. The van der Waals surface area contributed by atoms with E-state index in [4.69, 9.17) is 11.6 Å². The molecule has 1 unspecified atom stereocenters. The van der Waals surface area contributed by atoms with Gasteiger partial charge in [-0.3, -0.25) is 4.68 Å². The third-order valence-electron chi connectivity index (χ3n) is 3.13. The number of carboxylic acids is 1. The lowest BCUT2D eigenvalue weighted by Crippen LogP contribution is -2.04. The van der Waals surface area contributed by atoms with E-state index < -0.39 is 5.97 Å². The number of hydrogen-bond donors (Lipinski definition) is 1. The Morgan fingerprint density at radius 1 is 1.47 bits per heavy atom. The number of hydrogen-bond acceptors (Lipinski definition) is 2. The lowest BCUT2D eigenvalue weighted by Gasteiger charge is -2.08. The van der Waals surface area contributed by atoms with Gasteiger partial charge in [-0.25, -0.2) is 4.79 Å². The van der Waals surface area contributed by atoms with Crippen LogP contribution in [0.5, 0.6) is 0 Å². The number of benzene rings is 1. The number of carboxylic acid groups (broad SMARTS) is 1. The molecule has 0 saturated heterocycles. The van der Waals surface area contributed by atoms with E-state index in [1.165, 1.54) is 0 Å². The molecule has 1 N–H and O–H groups in total. The number of rotatable bonds is 4. The molecule has 5 heteroatoms. The van der Waals surface area contributed by atoms with Gasteiger partial charge in [0.05, 0.1) is 5.02 Å². The van der Waals surface area contributed by atoms with E-state index in [9.17, 15) is 9.90 Å². The molecule has 1 aromatic heterocycles. The highest BCUT2D eigenvalue weighted by atomic mass is 35.5. The predicted molar refractivity (Wildman–Crippen MR) is 74.6 cm³/mol. The van der Waals surface area contributed by atoms with Crippen molar-refractivity contribution < 1.29 is 9.90 Å². The van der Waals surface area contributed by atoms with Crippen molar-refractivity contribution in [3.8, 4) is 11.3 Å². The topological polar surface area (TPSA) is 55.1 Å². The first-order chi connectivity index (χ1) is 9.04. The number of carbonyl (C=O) groups is 1. The minimum absolute atomic E-state index is 0.148. The van der Waals surface area contributed by atoms with Gasteiger partial charge in [0.25, 0.3) is 0 Å². The van der Waals surface area contributed by atoms with E-state index in [1.807, 2.05) is 19.9 Å². The van der Waals surface area contributed by atoms with Gasteiger partial charge in [-0.1, -0.05) is 36.7 Å². The summed E-state index contributed by atoms with van der Waals surface area (Å²) in [5.74, 6) is -0.996. The third kappa shape index (κ3) is 2.63. The highest BCUT2D eigenvalue weighted by molar-refractivity contribution is 6.33. The zero-order chi connectivity index (χ0) is 14.0. The molecule has 0 aliphatic heterocycles. The maximum absolute atomic E-state index is 11.3. The van der Waals surface area contributed by atoms with Gasteiger partial charge in [-0.05, 0) is 19.4 Å².